The molecule has 36 heavy (non-hydrogen) atoms. The lowest BCUT2D eigenvalue weighted by Crippen LogP contribution is -2.36. The Labute approximate surface area is 212 Å². The number of sulfonamides is 2. The zero-order valence-corrected chi connectivity index (χ0v) is 21.4. The highest BCUT2D eigenvalue weighted by Crippen LogP contribution is 2.16. The topological polar surface area (TPSA) is 131 Å². The van der Waals surface area contributed by atoms with E-state index in [0.29, 0.717) is 12.2 Å². The molecule has 0 saturated carbocycles. The molecule has 9 nitrogen and oxygen atoms in total. The molecule has 3 aromatic carbocycles. The molecule has 0 heterocycles. The second-order valence-corrected chi connectivity index (χ2v) is 11.5. The summed E-state index contributed by atoms with van der Waals surface area (Å²) in [6.45, 7) is 1.94. The molecule has 11 heteroatoms. The highest BCUT2D eigenvalue weighted by Gasteiger charge is 2.14. The number of aryl methyl sites for hydroxylation is 1. The van der Waals surface area contributed by atoms with Crippen LogP contribution in [0, 0.1) is 6.92 Å². The second-order valence-electron chi connectivity index (χ2n) is 7.95. The SMILES string of the molecule is Cc1ccc(S(=O)(=O)NCCNC(=O)COc2ccc(S(=O)(=O)NCCc3ccccc3)cc2)cc1. The van der Waals surface area contributed by atoms with Gasteiger partial charge in [0.05, 0.1) is 9.79 Å². The van der Waals surface area contributed by atoms with Gasteiger partial charge in [0, 0.05) is 19.6 Å². The van der Waals surface area contributed by atoms with E-state index in [1.807, 2.05) is 37.3 Å². The van der Waals surface area contributed by atoms with E-state index >= 15 is 0 Å². The third-order valence-corrected chi connectivity index (χ3v) is 8.08. The van der Waals surface area contributed by atoms with Crippen LogP contribution in [-0.4, -0.2) is 49.0 Å². The van der Waals surface area contributed by atoms with E-state index in [4.69, 9.17) is 4.74 Å². The molecule has 3 N–H and O–H groups in total. The molecule has 0 bridgehead atoms. The molecule has 1 amide bonds. The molecule has 3 rings (SSSR count). The summed E-state index contributed by atoms with van der Waals surface area (Å²) in [6.07, 6.45) is 0.573. The van der Waals surface area contributed by atoms with Gasteiger partial charge in [-0.3, -0.25) is 4.79 Å². The summed E-state index contributed by atoms with van der Waals surface area (Å²) in [5.74, 6) is -0.114. The quantitative estimate of drug-likeness (QED) is 0.289. The van der Waals surface area contributed by atoms with Crippen LogP contribution in [0.15, 0.2) is 88.7 Å². The van der Waals surface area contributed by atoms with Crippen molar-refractivity contribution in [3.63, 3.8) is 0 Å². The predicted octanol–water partition coefficient (Wildman–Crippen LogP) is 1.99. The number of nitrogens with one attached hydrogen (secondary N) is 3. The second kappa shape index (κ2) is 12.6. The first-order valence-corrected chi connectivity index (χ1v) is 14.2. The lowest BCUT2D eigenvalue weighted by atomic mass is 10.2. The van der Waals surface area contributed by atoms with Gasteiger partial charge in [0.2, 0.25) is 20.0 Å². The number of ether oxygens (including phenoxy) is 1. The number of rotatable bonds is 13. The van der Waals surface area contributed by atoms with Crippen molar-refractivity contribution < 1.29 is 26.4 Å². The van der Waals surface area contributed by atoms with Crippen LogP contribution >= 0.6 is 0 Å². The van der Waals surface area contributed by atoms with Crippen molar-refractivity contribution in [3.8, 4) is 5.75 Å². The lowest BCUT2D eigenvalue weighted by Gasteiger charge is -2.10. The van der Waals surface area contributed by atoms with Crippen molar-refractivity contribution in [2.24, 2.45) is 0 Å². The Hall–Kier alpha value is -3.25. The van der Waals surface area contributed by atoms with Crippen LogP contribution in [0.1, 0.15) is 11.1 Å². The van der Waals surface area contributed by atoms with Gasteiger partial charge in [0.15, 0.2) is 6.61 Å². The largest absolute Gasteiger partial charge is 0.484 e. The van der Waals surface area contributed by atoms with E-state index in [9.17, 15) is 21.6 Å². The molecule has 0 aliphatic carbocycles. The number of carbonyl (C=O) groups is 1. The Morgan fingerprint density at radius 3 is 1.89 bits per heavy atom. The van der Waals surface area contributed by atoms with Crippen molar-refractivity contribution in [3.05, 3.63) is 90.0 Å². The predicted molar refractivity (Wildman–Crippen MR) is 137 cm³/mol. The van der Waals surface area contributed by atoms with Gasteiger partial charge in [-0.15, -0.1) is 0 Å². The van der Waals surface area contributed by atoms with E-state index in [0.717, 1.165) is 11.1 Å². The third kappa shape index (κ3) is 8.45. The number of hydrogen-bond donors (Lipinski definition) is 3. The molecule has 3 aromatic rings. The van der Waals surface area contributed by atoms with Crippen LogP contribution in [0.3, 0.4) is 0 Å². The van der Waals surface area contributed by atoms with Crippen molar-refractivity contribution in [1.29, 1.82) is 0 Å². The van der Waals surface area contributed by atoms with E-state index in [1.54, 1.807) is 12.1 Å². The molecule has 0 unspecified atom stereocenters. The number of carbonyl (C=O) groups excluding carboxylic acids is 1. The molecular formula is C25H29N3O6S2. The van der Waals surface area contributed by atoms with Gasteiger partial charge in [0.1, 0.15) is 5.75 Å². The average molecular weight is 532 g/mol. The smallest absolute Gasteiger partial charge is 0.257 e. The fourth-order valence-electron chi connectivity index (χ4n) is 3.16. The van der Waals surface area contributed by atoms with E-state index < -0.39 is 26.0 Å². The van der Waals surface area contributed by atoms with Crippen molar-refractivity contribution in [1.82, 2.24) is 14.8 Å². The van der Waals surface area contributed by atoms with E-state index in [2.05, 4.69) is 14.8 Å². The summed E-state index contributed by atoms with van der Waals surface area (Å²) in [4.78, 5) is 12.2. The first kappa shape index (κ1) is 27.3. The summed E-state index contributed by atoms with van der Waals surface area (Å²) in [5.41, 5.74) is 1.99. The van der Waals surface area contributed by atoms with Crippen molar-refractivity contribution in [2.75, 3.05) is 26.2 Å². The minimum absolute atomic E-state index is 0.0196. The Kier molecular flexibility index (Phi) is 9.59. The van der Waals surface area contributed by atoms with Crippen LogP contribution in [0.2, 0.25) is 0 Å². The number of amides is 1. The van der Waals surface area contributed by atoms with Crippen molar-refractivity contribution in [2.45, 2.75) is 23.1 Å². The molecular weight excluding hydrogens is 502 g/mol. The van der Waals surface area contributed by atoms with E-state index in [-0.39, 0.29) is 36.0 Å². The summed E-state index contributed by atoms with van der Waals surface area (Å²) >= 11 is 0. The zero-order valence-electron chi connectivity index (χ0n) is 19.8. The van der Waals surface area contributed by atoms with Gasteiger partial charge >= 0.3 is 0 Å². The molecule has 0 fully saturated rings. The van der Waals surface area contributed by atoms with Gasteiger partial charge in [-0.1, -0.05) is 48.0 Å². The van der Waals surface area contributed by atoms with Gasteiger partial charge in [-0.2, -0.15) is 0 Å². The van der Waals surface area contributed by atoms with Crippen LogP contribution in [0.25, 0.3) is 0 Å². The fraction of sp³-hybridized carbons (Fsp3) is 0.240. The Morgan fingerprint density at radius 1 is 0.722 bits per heavy atom. The standard InChI is InChI=1S/C25H29N3O6S2/c1-20-7-11-23(12-8-20)36(32,33)28-18-17-26-25(29)19-34-22-9-13-24(14-10-22)35(30,31)27-16-15-21-5-3-2-4-6-21/h2-14,27-28H,15-19H2,1H3,(H,26,29). The minimum Gasteiger partial charge on any atom is -0.484 e. The number of benzene rings is 3. The average Bonchev–Trinajstić information content (AvgIpc) is 2.86. The molecule has 192 valence electrons. The molecule has 0 aromatic heterocycles. The van der Waals surface area contributed by atoms with Crippen LogP contribution in [0.5, 0.6) is 5.75 Å². The molecule has 0 aliphatic heterocycles. The molecule has 0 spiro atoms. The monoisotopic (exact) mass is 531 g/mol. The fourth-order valence-corrected chi connectivity index (χ4v) is 5.22. The van der Waals surface area contributed by atoms with Crippen LogP contribution < -0.4 is 19.5 Å². The maximum atomic E-state index is 12.5. The van der Waals surface area contributed by atoms with Gasteiger partial charge < -0.3 is 10.1 Å². The first-order valence-electron chi connectivity index (χ1n) is 11.3. The Balaban J connectivity index is 1.38. The lowest BCUT2D eigenvalue weighted by molar-refractivity contribution is -0.123. The Morgan fingerprint density at radius 2 is 1.28 bits per heavy atom. The maximum Gasteiger partial charge on any atom is 0.257 e. The zero-order chi connectivity index (χ0) is 26.0. The van der Waals surface area contributed by atoms with Crippen LogP contribution in [0.4, 0.5) is 0 Å². The summed E-state index contributed by atoms with van der Waals surface area (Å²) < 4.78 is 59.7. The molecule has 0 radical (unpaired) electrons. The van der Waals surface area contributed by atoms with Crippen LogP contribution in [-0.2, 0) is 31.3 Å². The minimum atomic E-state index is -3.67. The maximum absolute atomic E-state index is 12.5. The third-order valence-electron chi connectivity index (χ3n) is 5.12. The number of hydrogen-bond acceptors (Lipinski definition) is 6. The van der Waals surface area contributed by atoms with Gasteiger partial charge in [-0.25, -0.2) is 26.3 Å². The normalized spacial score (nSPS) is 11.7. The van der Waals surface area contributed by atoms with Gasteiger partial charge in [0.25, 0.3) is 5.91 Å². The summed E-state index contributed by atoms with van der Waals surface area (Å²) in [6, 6.07) is 21.7. The molecule has 0 saturated heterocycles. The Bertz CT molecular complexity index is 1340. The highest BCUT2D eigenvalue weighted by atomic mass is 32.2. The first-order chi connectivity index (χ1) is 17.2. The van der Waals surface area contributed by atoms with Crippen molar-refractivity contribution >= 4 is 26.0 Å². The molecule has 0 atom stereocenters. The summed E-state index contributed by atoms with van der Waals surface area (Å²) in [7, 11) is -7.32. The van der Waals surface area contributed by atoms with Gasteiger partial charge in [-0.05, 0) is 55.3 Å². The van der Waals surface area contributed by atoms with E-state index in [1.165, 1.54) is 36.4 Å². The molecule has 0 aliphatic rings. The highest BCUT2D eigenvalue weighted by molar-refractivity contribution is 7.89. The summed E-state index contributed by atoms with van der Waals surface area (Å²) in [5, 5.41) is 2.56.